The fourth-order valence-electron chi connectivity index (χ4n) is 3.34. The zero-order chi connectivity index (χ0) is 36.2. The lowest BCUT2D eigenvalue weighted by molar-refractivity contribution is -0.137. The average molecular weight is 540 g/mol. The first kappa shape index (κ1) is 16.0. The van der Waals surface area contributed by atoms with Gasteiger partial charge in [-0.15, -0.1) is 0 Å². The quantitative estimate of drug-likeness (QED) is 0.261. The third kappa shape index (κ3) is 5.93. The fourth-order valence-corrected chi connectivity index (χ4v) is 3.34. The second kappa shape index (κ2) is 10.4. The number of rotatable bonds is 6. The van der Waals surface area contributed by atoms with E-state index in [9.17, 15) is 18.0 Å². The number of hydrogen-bond donors (Lipinski definition) is 2. The van der Waals surface area contributed by atoms with Crippen LogP contribution in [0, 0.1) is 13.8 Å². The summed E-state index contributed by atoms with van der Waals surface area (Å²) in [5, 5.41) is 4.60. The van der Waals surface area contributed by atoms with Gasteiger partial charge in [-0.25, -0.2) is 15.0 Å². The first-order chi connectivity index (χ1) is 22.8. The number of pyridine rings is 1. The summed E-state index contributed by atoms with van der Waals surface area (Å²) < 4.78 is 125. The van der Waals surface area contributed by atoms with Crippen LogP contribution in [0.25, 0.3) is 16.9 Å². The van der Waals surface area contributed by atoms with Crippen LogP contribution in [-0.4, -0.2) is 30.4 Å². The third-order valence-corrected chi connectivity index (χ3v) is 5.12. The number of amides is 1. The number of aromatic nitrogens is 5. The van der Waals surface area contributed by atoms with E-state index in [-0.39, 0.29) is 28.8 Å². The summed E-state index contributed by atoms with van der Waals surface area (Å²) in [5.41, 5.74) is -4.44. The molecule has 0 aliphatic rings. The van der Waals surface area contributed by atoms with Crippen LogP contribution in [0.15, 0.2) is 85.5 Å². The van der Waals surface area contributed by atoms with Crippen molar-refractivity contribution < 1.29 is 31.7 Å². The van der Waals surface area contributed by atoms with Crippen molar-refractivity contribution in [2.45, 2.75) is 20.0 Å². The molecule has 0 fully saturated rings. The number of benzene rings is 2. The van der Waals surface area contributed by atoms with Gasteiger partial charge in [0.25, 0.3) is 5.91 Å². The van der Waals surface area contributed by atoms with Crippen molar-refractivity contribution >= 4 is 23.2 Å². The molecule has 5 rings (SSSR count). The predicted molar refractivity (Wildman–Crippen MR) is 141 cm³/mol. The van der Waals surface area contributed by atoms with Crippen molar-refractivity contribution in [2.24, 2.45) is 0 Å². The molecule has 0 aliphatic heterocycles. The molecule has 0 spiro atoms. The molecule has 3 aromatic heterocycles. The van der Waals surface area contributed by atoms with Gasteiger partial charge in [0.2, 0.25) is 5.95 Å². The van der Waals surface area contributed by atoms with Crippen molar-refractivity contribution in [3.8, 4) is 16.9 Å². The minimum atomic E-state index is -4.95. The van der Waals surface area contributed by atoms with Gasteiger partial charge in [-0.05, 0) is 67.8 Å². The molecule has 0 atom stereocenters. The molecule has 39 heavy (non-hydrogen) atoms. The van der Waals surface area contributed by atoms with Gasteiger partial charge in [0.15, 0.2) is 0 Å². The number of alkyl halides is 3. The zero-order valence-corrected chi connectivity index (χ0v) is 19.8. The summed E-state index contributed by atoms with van der Waals surface area (Å²) in [7, 11) is 0. The maximum absolute atomic E-state index is 13.9. The maximum atomic E-state index is 13.9. The molecule has 0 unspecified atom stereocenters. The van der Waals surface area contributed by atoms with E-state index in [0.29, 0.717) is 12.1 Å². The summed E-state index contributed by atoms with van der Waals surface area (Å²) in [6.07, 6.45) is -3.72. The van der Waals surface area contributed by atoms with Gasteiger partial charge in [-0.2, -0.15) is 13.2 Å². The van der Waals surface area contributed by atoms with Crippen LogP contribution in [0.3, 0.4) is 0 Å². The van der Waals surface area contributed by atoms with Crippen molar-refractivity contribution in [3.05, 3.63) is 108 Å². The molecule has 0 radical (unpaired) electrons. The van der Waals surface area contributed by atoms with E-state index in [4.69, 9.17) is 13.7 Å². The molecular weight excluding hydrogens is 507 g/mol. The van der Waals surface area contributed by atoms with Gasteiger partial charge in [0, 0.05) is 57.0 Å². The van der Waals surface area contributed by atoms with E-state index < -0.39 is 89.6 Å². The van der Waals surface area contributed by atoms with Crippen LogP contribution in [0.4, 0.5) is 30.5 Å². The minimum Gasteiger partial charge on any atom is -0.324 e. The van der Waals surface area contributed by atoms with Gasteiger partial charge < -0.3 is 15.2 Å². The largest absolute Gasteiger partial charge is 0.416 e. The molecule has 0 bridgehead atoms. The number of carbonyl (C=O) groups is 1. The highest BCUT2D eigenvalue weighted by molar-refractivity contribution is 6.05. The van der Waals surface area contributed by atoms with E-state index in [1.807, 2.05) is 0 Å². The highest BCUT2D eigenvalue weighted by Crippen LogP contribution is 2.33. The number of aryl methyl sites for hydroxylation is 1. The SMILES string of the molecule is [2H]c1nc(Nc2c([2H])c(C(=O)Nc3cc(-n4c([2H])nc(C)c4[2H])cc(C(F)(F)F)c3)c([2H])c([2H])c2C([2H])([2H])[2H])nc(-c2cccnc2)c1[2H]. The summed E-state index contributed by atoms with van der Waals surface area (Å²) in [6.45, 7) is -1.77. The molecule has 0 saturated carbocycles. The lowest BCUT2D eigenvalue weighted by Gasteiger charge is -2.14. The van der Waals surface area contributed by atoms with Crippen molar-refractivity contribution in [2.75, 3.05) is 10.6 Å². The third-order valence-electron chi connectivity index (χ3n) is 5.12. The normalized spacial score (nSPS) is 15.3. The number of anilines is 3. The second-order valence-electron chi connectivity index (χ2n) is 7.96. The molecule has 196 valence electrons. The Balaban J connectivity index is 1.64. The lowest BCUT2D eigenvalue weighted by atomic mass is 10.1. The number of nitrogens with zero attached hydrogens (tertiary/aromatic N) is 5. The Morgan fingerprint density at radius 2 is 2.03 bits per heavy atom. The number of carbonyl (C=O) groups excluding carboxylic acids is 1. The monoisotopic (exact) mass is 539 g/mol. The Labute approximate surface area is 235 Å². The molecule has 2 aromatic carbocycles. The van der Waals surface area contributed by atoms with E-state index in [0.717, 1.165) is 10.6 Å². The molecule has 2 N–H and O–H groups in total. The second-order valence-corrected chi connectivity index (χ2v) is 7.96. The Bertz CT molecular complexity index is 2120. The van der Waals surface area contributed by atoms with Crippen LogP contribution in [0.1, 0.15) is 40.9 Å². The van der Waals surface area contributed by atoms with Crippen molar-refractivity contribution in [3.63, 3.8) is 0 Å². The Morgan fingerprint density at radius 1 is 1.15 bits per heavy atom. The number of nitrogens with one attached hydrogen (secondary N) is 2. The van der Waals surface area contributed by atoms with E-state index in [1.165, 1.54) is 31.5 Å². The molecule has 8 nitrogen and oxygen atoms in total. The Kier molecular flexibility index (Phi) is 4.26. The molecule has 11 heteroatoms. The summed E-state index contributed by atoms with van der Waals surface area (Å²) >= 11 is 0. The molecule has 3 heterocycles. The first-order valence-electron chi connectivity index (χ1n) is 16.0. The Morgan fingerprint density at radius 3 is 2.74 bits per heavy atom. The molecule has 5 aromatic rings. The topological polar surface area (TPSA) is 97.6 Å². The first-order valence-corrected chi connectivity index (χ1v) is 11.0. The molecule has 0 saturated heterocycles. The molecular formula is C28H22F3N7O. The smallest absolute Gasteiger partial charge is 0.324 e. The molecule has 1 amide bonds. The standard InChI is InChI=1S/C28H22F3N7O/c1-17-5-6-19(10-25(17)37-27-33-9-7-24(36-27)20-4-3-8-32-14-20)26(39)35-22-11-21(28(29,30)31)12-23(13-22)38-15-18(2)34-16-38/h3-16H,1-2H3,(H,35,39)(H,33,36,37)/i1D3,5D,6D,7D,9D,10D,15D,16D. The van der Waals surface area contributed by atoms with Crippen molar-refractivity contribution in [1.29, 1.82) is 0 Å². The lowest BCUT2D eigenvalue weighted by Crippen LogP contribution is -2.14. The predicted octanol–water partition coefficient (Wildman–Crippen LogP) is 6.36. The van der Waals surface area contributed by atoms with Gasteiger partial charge in [-0.3, -0.25) is 9.78 Å². The van der Waals surface area contributed by atoms with Crippen LogP contribution < -0.4 is 10.6 Å². The zero-order valence-electron chi connectivity index (χ0n) is 29.8. The summed E-state index contributed by atoms with van der Waals surface area (Å²) in [5.74, 6) is -1.87. The maximum Gasteiger partial charge on any atom is 0.416 e. The van der Waals surface area contributed by atoms with E-state index >= 15 is 0 Å². The van der Waals surface area contributed by atoms with Crippen LogP contribution in [0.5, 0.6) is 0 Å². The molecule has 0 aliphatic carbocycles. The number of halogens is 3. The van der Waals surface area contributed by atoms with Gasteiger partial charge in [-0.1, -0.05) is 6.04 Å². The summed E-state index contributed by atoms with van der Waals surface area (Å²) in [6, 6.07) is 1.82. The fraction of sp³-hybridized carbons (Fsp3) is 0.107. The van der Waals surface area contributed by atoms with Gasteiger partial charge in [0.1, 0.15) is 1.37 Å². The number of imidazole rings is 1. The van der Waals surface area contributed by atoms with Crippen molar-refractivity contribution in [1.82, 2.24) is 24.5 Å². The highest BCUT2D eigenvalue weighted by atomic mass is 19.4. The minimum absolute atomic E-state index is 0.0504. The van der Waals surface area contributed by atoms with E-state index in [2.05, 4.69) is 30.6 Å². The van der Waals surface area contributed by atoms with Crippen LogP contribution >= 0.6 is 0 Å². The highest BCUT2D eigenvalue weighted by Gasteiger charge is 2.31. The van der Waals surface area contributed by atoms with E-state index in [1.54, 1.807) is 0 Å². The van der Waals surface area contributed by atoms with Crippen LogP contribution in [-0.2, 0) is 6.18 Å². The summed E-state index contributed by atoms with van der Waals surface area (Å²) in [4.78, 5) is 29.3. The van der Waals surface area contributed by atoms with Crippen LogP contribution in [0.2, 0.25) is 0 Å². The Hall–Kier alpha value is -5.06. The van der Waals surface area contributed by atoms with Gasteiger partial charge >= 0.3 is 6.18 Å². The number of hydrogen-bond acceptors (Lipinski definition) is 6. The average Bonchev–Trinajstić information content (AvgIpc) is 3.26. The van der Waals surface area contributed by atoms with Gasteiger partial charge in [0.05, 0.1) is 31.5 Å².